The minimum Gasteiger partial charge on any atom is -0.496 e. The molecule has 7 nitrogen and oxygen atoms in total. The zero-order chi connectivity index (χ0) is 19.6. The number of rotatable bonds is 9. The van der Waals surface area contributed by atoms with Crippen molar-refractivity contribution in [1.82, 2.24) is 15.6 Å². The van der Waals surface area contributed by atoms with Crippen molar-refractivity contribution in [2.24, 2.45) is 4.99 Å². The molecule has 2 N–H and O–H groups in total. The van der Waals surface area contributed by atoms with E-state index in [1.165, 1.54) is 4.88 Å². The Balaban J connectivity index is 1.70. The van der Waals surface area contributed by atoms with Gasteiger partial charge in [0.05, 0.1) is 33.1 Å². The molecule has 0 aliphatic heterocycles. The second-order valence-electron chi connectivity index (χ2n) is 5.85. The number of nitrogens with one attached hydrogen (secondary N) is 2. The SMILES string of the molecule is CN=C(NCCCOc1cc(OC)cc(OC)c1)NCc1nc(C)c(C)s1. The number of aliphatic imine (C=N–C) groups is 1. The van der Waals surface area contributed by atoms with Gasteiger partial charge in [0.25, 0.3) is 0 Å². The molecule has 148 valence electrons. The van der Waals surface area contributed by atoms with Gasteiger partial charge >= 0.3 is 0 Å². The predicted octanol–water partition coefficient (Wildman–Crippen LogP) is 2.91. The number of guanidine groups is 1. The van der Waals surface area contributed by atoms with E-state index in [9.17, 15) is 0 Å². The van der Waals surface area contributed by atoms with Gasteiger partial charge < -0.3 is 24.8 Å². The van der Waals surface area contributed by atoms with Crippen LogP contribution in [0.3, 0.4) is 0 Å². The molecule has 0 saturated heterocycles. The van der Waals surface area contributed by atoms with E-state index in [2.05, 4.69) is 27.5 Å². The van der Waals surface area contributed by atoms with E-state index in [0.717, 1.165) is 35.4 Å². The molecule has 0 amide bonds. The van der Waals surface area contributed by atoms with Crippen molar-refractivity contribution < 1.29 is 14.2 Å². The van der Waals surface area contributed by atoms with E-state index in [0.29, 0.717) is 24.7 Å². The molecule has 0 aliphatic carbocycles. The van der Waals surface area contributed by atoms with Crippen LogP contribution in [0.5, 0.6) is 17.2 Å². The average molecular weight is 393 g/mol. The van der Waals surface area contributed by atoms with Crippen LogP contribution in [0.4, 0.5) is 0 Å². The third-order valence-electron chi connectivity index (χ3n) is 3.91. The molecule has 0 fully saturated rings. The lowest BCUT2D eigenvalue weighted by atomic mass is 10.3. The summed E-state index contributed by atoms with van der Waals surface area (Å²) in [5.41, 5.74) is 1.09. The van der Waals surface area contributed by atoms with Crippen LogP contribution in [0.2, 0.25) is 0 Å². The summed E-state index contributed by atoms with van der Waals surface area (Å²) in [6, 6.07) is 5.50. The van der Waals surface area contributed by atoms with Crippen LogP contribution >= 0.6 is 11.3 Å². The van der Waals surface area contributed by atoms with Gasteiger partial charge in [-0.1, -0.05) is 0 Å². The number of nitrogens with zero attached hydrogens (tertiary/aromatic N) is 2. The highest BCUT2D eigenvalue weighted by atomic mass is 32.1. The van der Waals surface area contributed by atoms with Crippen LogP contribution in [-0.4, -0.2) is 45.4 Å². The summed E-state index contributed by atoms with van der Waals surface area (Å²) in [4.78, 5) is 10.0. The van der Waals surface area contributed by atoms with Gasteiger partial charge in [-0.3, -0.25) is 4.99 Å². The summed E-state index contributed by atoms with van der Waals surface area (Å²) < 4.78 is 16.3. The fraction of sp³-hybridized carbons (Fsp3) is 0.474. The largest absolute Gasteiger partial charge is 0.496 e. The quantitative estimate of drug-likeness (QED) is 0.388. The summed E-state index contributed by atoms with van der Waals surface area (Å²) in [5.74, 6) is 2.89. The highest BCUT2D eigenvalue weighted by molar-refractivity contribution is 7.11. The molecule has 0 radical (unpaired) electrons. The molecular weight excluding hydrogens is 364 g/mol. The van der Waals surface area contributed by atoms with Crippen molar-refractivity contribution in [1.29, 1.82) is 0 Å². The van der Waals surface area contributed by atoms with Crippen LogP contribution < -0.4 is 24.8 Å². The number of hydrogen-bond acceptors (Lipinski definition) is 6. The summed E-state index contributed by atoms with van der Waals surface area (Å²) >= 11 is 1.71. The highest BCUT2D eigenvalue weighted by Gasteiger charge is 2.05. The Kier molecular flexibility index (Phi) is 8.19. The van der Waals surface area contributed by atoms with Gasteiger partial charge in [-0.15, -0.1) is 11.3 Å². The summed E-state index contributed by atoms with van der Waals surface area (Å²) in [6.45, 7) is 6.10. The lowest BCUT2D eigenvalue weighted by Crippen LogP contribution is -2.37. The standard InChI is InChI=1S/C19H28N4O3S/c1-13-14(2)27-18(23-13)12-22-19(20-3)21-7-6-8-26-17-10-15(24-4)9-16(11-17)25-5/h9-11H,6-8,12H2,1-5H3,(H2,20,21,22). The van der Waals surface area contributed by atoms with Gasteiger partial charge in [-0.05, 0) is 20.3 Å². The van der Waals surface area contributed by atoms with Crippen molar-refractivity contribution in [2.75, 3.05) is 34.4 Å². The highest BCUT2D eigenvalue weighted by Crippen LogP contribution is 2.27. The summed E-state index contributed by atoms with van der Waals surface area (Å²) in [7, 11) is 5.00. The third-order valence-corrected chi connectivity index (χ3v) is 4.98. The third kappa shape index (κ3) is 6.63. The first kappa shape index (κ1) is 20.8. The molecule has 1 aromatic heterocycles. The number of benzene rings is 1. The normalized spacial score (nSPS) is 11.2. The number of hydrogen-bond donors (Lipinski definition) is 2. The molecule has 2 aromatic rings. The smallest absolute Gasteiger partial charge is 0.191 e. The van der Waals surface area contributed by atoms with Crippen molar-refractivity contribution in [3.8, 4) is 17.2 Å². The Labute approximate surface area is 164 Å². The maximum absolute atomic E-state index is 5.78. The molecule has 0 aliphatic rings. The van der Waals surface area contributed by atoms with E-state index in [-0.39, 0.29) is 0 Å². The van der Waals surface area contributed by atoms with Crippen molar-refractivity contribution in [3.05, 3.63) is 33.8 Å². The van der Waals surface area contributed by atoms with Gasteiger partial charge in [-0.25, -0.2) is 4.98 Å². The molecule has 0 atom stereocenters. The second-order valence-corrected chi connectivity index (χ2v) is 7.14. The van der Waals surface area contributed by atoms with Crippen molar-refractivity contribution in [2.45, 2.75) is 26.8 Å². The summed E-state index contributed by atoms with van der Waals surface area (Å²) in [6.07, 6.45) is 0.829. The molecule has 2 rings (SSSR count). The molecule has 1 aromatic carbocycles. The van der Waals surface area contributed by atoms with Crippen LogP contribution in [0.25, 0.3) is 0 Å². The zero-order valence-corrected chi connectivity index (χ0v) is 17.4. The molecular formula is C19H28N4O3S. The Hall–Kier alpha value is -2.48. The fourth-order valence-corrected chi connectivity index (χ4v) is 3.20. The van der Waals surface area contributed by atoms with E-state index in [1.807, 2.05) is 25.1 Å². The van der Waals surface area contributed by atoms with Gasteiger partial charge in [0.1, 0.15) is 22.3 Å². The number of ether oxygens (including phenoxy) is 3. The number of thiazole rings is 1. The van der Waals surface area contributed by atoms with Crippen molar-refractivity contribution in [3.63, 3.8) is 0 Å². The average Bonchev–Trinajstić information content (AvgIpc) is 3.01. The molecule has 0 unspecified atom stereocenters. The van der Waals surface area contributed by atoms with Crippen LogP contribution in [0.1, 0.15) is 22.0 Å². The Bertz CT molecular complexity index is 720. The predicted molar refractivity (Wildman–Crippen MR) is 109 cm³/mol. The first-order valence-electron chi connectivity index (χ1n) is 8.79. The molecule has 8 heteroatoms. The number of methoxy groups -OCH3 is 2. The zero-order valence-electron chi connectivity index (χ0n) is 16.6. The van der Waals surface area contributed by atoms with Crippen molar-refractivity contribution >= 4 is 17.3 Å². The minimum atomic E-state index is 0.575. The van der Waals surface area contributed by atoms with E-state index in [4.69, 9.17) is 14.2 Å². The molecule has 0 saturated carbocycles. The van der Waals surface area contributed by atoms with E-state index < -0.39 is 0 Å². The Morgan fingerprint density at radius 2 is 1.74 bits per heavy atom. The minimum absolute atomic E-state index is 0.575. The topological polar surface area (TPSA) is 77.0 Å². The molecule has 27 heavy (non-hydrogen) atoms. The van der Waals surface area contributed by atoms with E-state index >= 15 is 0 Å². The molecule has 1 heterocycles. The Morgan fingerprint density at radius 3 is 2.30 bits per heavy atom. The van der Waals surface area contributed by atoms with E-state index in [1.54, 1.807) is 32.6 Å². The Morgan fingerprint density at radius 1 is 1.07 bits per heavy atom. The first-order valence-corrected chi connectivity index (χ1v) is 9.60. The maximum atomic E-state index is 5.78. The lowest BCUT2D eigenvalue weighted by Gasteiger charge is -2.12. The summed E-state index contributed by atoms with van der Waals surface area (Å²) in [5, 5.41) is 7.62. The van der Waals surface area contributed by atoms with Crippen LogP contribution in [0.15, 0.2) is 23.2 Å². The monoisotopic (exact) mass is 392 g/mol. The van der Waals surface area contributed by atoms with Gasteiger partial charge in [0, 0.05) is 36.7 Å². The van der Waals surface area contributed by atoms with Gasteiger partial charge in [0.2, 0.25) is 0 Å². The van der Waals surface area contributed by atoms with Gasteiger partial charge in [-0.2, -0.15) is 0 Å². The second kappa shape index (κ2) is 10.6. The van der Waals surface area contributed by atoms with Gasteiger partial charge in [0.15, 0.2) is 5.96 Å². The first-order chi connectivity index (χ1) is 13.0. The molecule has 0 bridgehead atoms. The number of aromatic nitrogens is 1. The molecule has 0 spiro atoms. The lowest BCUT2D eigenvalue weighted by molar-refractivity contribution is 0.305. The maximum Gasteiger partial charge on any atom is 0.191 e. The van der Waals surface area contributed by atoms with Crippen LogP contribution in [-0.2, 0) is 6.54 Å². The fourth-order valence-electron chi connectivity index (χ4n) is 2.33. The van der Waals surface area contributed by atoms with Crippen LogP contribution in [0, 0.1) is 13.8 Å². The number of aryl methyl sites for hydroxylation is 2.